The van der Waals surface area contributed by atoms with Crippen LogP contribution in [-0.2, 0) is 0 Å². The van der Waals surface area contributed by atoms with Crippen molar-refractivity contribution in [3.8, 4) is 0 Å². The summed E-state index contributed by atoms with van der Waals surface area (Å²) in [4.78, 5) is 2.40. The quantitative estimate of drug-likeness (QED) is 0.0643. The van der Waals surface area contributed by atoms with E-state index in [1.54, 1.807) is 0 Å². The van der Waals surface area contributed by atoms with Crippen LogP contribution in [0.1, 0.15) is 219 Å². The first-order valence-electron chi connectivity index (χ1n) is 19.1. The summed E-state index contributed by atoms with van der Waals surface area (Å²) in [5.41, 5.74) is 0. The summed E-state index contributed by atoms with van der Waals surface area (Å²) in [5.74, 6) is 0. The molecule has 250 valence electrons. The molecule has 0 atom stereocenters. The van der Waals surface area contributed by atoms with Gasteiger partial charge in [-0.25, -0.2) is 4.39 Å². The van der Waals surface area contributed by atoms with Gasteiger partial charge in [-0.3, -0.25) is 0 Å². The Bertz CT molecular complexity index is 396. The van der Waals surface area contributed by atoms with Crippen molar-refractivity contribution < 1.29 is 4.39 Å². The lowest BCUT2D eigenvalue weighted by Crippen LogP contribution is -2.28. The molecule has 0 saturated heterocycles. The Morgan fingerprint density at radius 2 is 0.488 bits per heavy atom. The molecule has 0 aromatic rings. The maximum atomic E-state index is 13.0. The second kappa shape index (κ2) is 40.2. The number of nitrogens with zero attached hydrogens (tertiary/aromatic N) is 1. The van der Waals surface area contributed by atoms with Crippen molar-refractivity contribution in [2.75, 3.05) is 26.3 Å². The lowest BCUT2D eigenvalue weighted by atomic mass is 10.0. The number of hydrogen-bond acceptors (Lipinski definition) is 1. The van der Waals surface area contributed by atoms with E-state index in [1.807, 2.05) is 0 Å². The second-order valence-corrected chi connectivity index (χ2v) is 13.1. The monoisotopic (exact) mass is 604 g/mol. The number of hydrogen-bond donors (Lipinski definition) is 0. The summed E-state index contributed by atoms with van der Waals surface area (Å²) in [6.45, 7) is 7.29. The summed E-state index contributed by atoms with van der Waals surface area (Å²) in [6.07, 6.45) is 45.3. The fourth-order valence-electron chi connectivity index (χ4n) is 6.22. The third kappa shape index (κ3) is 38.2. The summed E-state index contributed by atoms with van der Waals surface area (Å²) < 4.78 is 13.0. The molecule has 0 bridgehead atoms. The second-order valence-electron chi connectivity index (χ2n) is 13.1. The molecule has 1 nitrogen and oxygen atoms in total. The Morgan fingerprint density at radius 1 is 0.293 bits per heavy atom. The fraction of sp³-hybridized carbons (Fsp3) is 1.00. The minimum atomic E-state index is -0.183. The molecular formula is C38H79ClFN. The van der Waals surface area contributed by atoms with E-state index in [0.29, 0.717) is 6.54 Å². The molecule has 0 radical (unpaired) electrons. The van der Waals surface area contributed by atoms with Gasteiger partial charge in [-0.05, 0) is 25.9 Å². The maximum absolute atomic E-state index is 13.0. The third-order valence-electron chi connectivity index (χ3n) is 9.06. The molecule has 0 aliphatic rings. The third-order valence-corrected chi connectivity index (χ3v) is 9.06. The normalized spacial score (nSPS) is 11.4. The first-order chi connectivity index (χ1) is 19.8. The van der Waals surface area contributed by atoms with Crippen LogP contribution in [0, 0.1) is 0 Å². The number of rotatable bonds is 36. The van der Waals surface area contributed by atoms with E-state index in [2.05, 4.69) is 18.7 Å². The fourth-order valence-corrected chi connectivity index (χ4v) is 6.22. The van der Waals surface area contributed by atoms with Gasteiger partial charge in [-0.15, -0.1) is 12.4 Å². The summed E-state index contributed by atoms with van der Waals surface area (Å²) in [5, 5.41) is 0. The lowest BCUT2D eigenvalue weighted by Gasteiger charge is -2.20. The molecule has 0 aromatic carbocycles. The average molecular weight is 605 g/mol. The maximum Gasteiger partial charge on any atom is 0.102 e. The SMILES string of the molecule is CCCCCCCCCCCCCCCCCCN(CCF)CCCCCCCCCCCCCCCCCC.Cl. The van der Waals surface area contributed by atoms with Crippen molar-refractivity contribution in [2.24, 2.45) is 0 Å². The standard InChI is InChI=1S/C38H78FN.ClH/c1-3-5-7-9-11-13-15-17-19-21-23-25-27-29-31-33-36-40(38-35-39)37-34-32-30-28-26-24-22-20-18-16-14-12-10-8-6-4-2;/h3-38H2,1-2H3;1H. The number of alkyl halides is 1. The molecule has 0 spiro atoms. The van der Waals surface area contributed by atoms with Crippen LogP contribution in [0.4, 0.5) is 4.39 Å². The van der Waals surface area contributed by atoms with Gasteiger partial charge in [0, 0.05) is 6.54 Å². The zero-order chi connectivity index (χ0) is 29.0. The van der Waals surface area contributed by atoms with Crippen LogP contribution in [0.15, 0.2) is 0 Å². The van der Waals surface area contributed by atoms with Gasteiger partial charge < -0.3 is 4.90 Å². The van der Waals surface area contributed by atoms with Crippen molar-refractivity contribution in [1.29, 1.82) is 0 Å². The van der Waals surface area contributed by atoms with Gasteiger partial charge in [-0.1, -0.05) is 206 Å². The largest absolute Gasteiger partial charge is 0.301 e. The van der Waals surface area contributed by atoms with Gasteiger partial charge >= 0.3 is 0 Å². The molecule has 0 fully saturated rings. The van der Waals surface area contributed by atoms with Crippen LogP contribution in [-0.4, -0.2) is 31.2 Å². The molecular weight excluding hydrogens is 525 g/mol. The van der Waals surface area contributed by atoms with Crippen LogP contribution < -0.4 is 0 Å². The first-order valence-corrected chi connectivity index (χ1v) is 19.1. The van der Waals surface area contributed by atoms with Gasteiger partial charge in [0.1, 0.15) is 6.67 Å². The highest BCUT2D eigenvalue weighted by Gasteiger charge is 2.04. The van der Waals surface area contributed by atoms with Crippen LogP contribution in [0.5, 0.6) is 0 Å². The topological polar surface area (TPSA) is 3.24 Å². The summed E-state index contributed by atoms with van der Waals surface area (Å²) in [7, 11) is 0. The Hall–Kier alpha value is 0.180. The van der Waals surface area contributed by atoms with Crippen molar-refractivity contribution >= 4 is 12.4 Å². The molecule has 0 saturated carbocycles. The van der Waals surface area contributed by atoms with Gasteiger partial charge in [0.05, 0.1) is 0 Å². The van der Waals surface area contributed by atoms with Crippen LogP contribution in [0.25, 0.3) is 0 Å². The minimum Gasteiger partial charge on any atom is -0.301 e. The van der Waals surface area contributed by atoms with Gasteiger partial charge in [0.15, 0.2) is 0 Å². The van der Waals surface area contributed by atoms with E-state index in [4.69, 9.17) is 0 Å². The molecule has 0 amide bonds. The van der Waals surface area contributed by atoms with E-state index < -0.39 is 0 Å². The highest BCUT2D eigenvalue weighted by atomic mass is 35.5. The molecule has 0 heterocycles. The van der Waals surface area contributed by atoms with Gasteiger partial charge in [0.2, 0.25) is 0 Å². The van der Waals surface area contributed by atoms with E-state index in [0.717, 1.165) is 13.1 Å². The zero-order valence-electron chi connectivity index (χ0n) is 28.7. The Morgan fingerprint density at radius 3 is 0.683 bits per heavy atom. The van der Waals surface area contributed by atoms with E-state index >= 15 is 0 Å². The van der Waals surface area contributed by atoms with E-state index in [1.165, 1.54) is 205 Å². The Balaban J connectivity index is 0. The highest BCUT2D eigenvalue weighted by Crippen LogP contribution is 2.15. The van der Waals surface area contributed by atoms with E-state index in [9.17, 15) is 4.39 Å². The molecule has 0 rings (SSSR count). The number of unbranched alkanes of at least 4 members (excludes halogenated alkanes) is 30. The molecule has 0 aromatic heterocycles. The van der Waals surface area contributed by atoms with Crippen molar-refractivity contribution in [3.05, 3.63) is 0 Å². The summed E-state index contributed by atoms with van der Waals surface area (Å²) >= 11 is 0. The van der Waals surface area contributed by atoms with Crippen molar-refractivity contribution in [2.45, 2.75) is 219 Å². The van der Waals surface area contributed by atoms with Gasteiger partial charge in [0.25, 0.3) is 0 Å². The smallest absolute Gasteiger partial charge is 0.102 e. The molecule has 0 unspecified atom stereocenters. The predicted molar refractivity (Wildman–Crippen MR) is 189 cm³/mol. The Labute approximate surface area is 266 Å². The summed E-state index contributed by atoms with van der Waals surface area (Å²) in [6, 6.07) is 0. The lowest BCUT2D eigenvalue weighted by molar-refractivity contribution is 0.237. The molecule has 0 aliphatic carbocycles. The molecule has 0 aliphatic heterocycles. The molecule has 41 heavy (non-hydrogen) atoms. The first kappa shape index (κ1) is 43.3. The Kier molecular flexibility index (Phi) is 42.4. The highest BCUT2D eigenvalue weighted by molar-refractivity contribution is 5.85. The number of halogens is 2. The molecule has 0 N–H and O–H groups in total. The van der Waals surface area contributed by atoms with Crippen LogP contribution >= 0.6 is 12.4 Å². The van der Waals surface area contributed by atoms with Crippen molar-refractivity contribution in [3.63, 3.8) is 0 Å². The van der Waals surface area contributed by atoms with Crippen LogP contribution in [0.3, 0.4) is 0 Å². The van der Waals surface area contributed by atoms with Crippen LogP contribution in [0.2, 0.25) is 0 Å². The van der Waals surface area contributed by atoms with Crippen molar-refractivity contribution in [1.82, 2.24) is 4.90 Å². The predicted octanol–water partition coefficient (Wildman–Crippen LogP) is 14.2. The average Bonchev–Trinajstić information content (AvgIpc) is 2.96. The van der Waals surface area contributed by atoms with E-state index in [-0.39, 0.29) is 19.1 Å². The minimum absolute atomic E-state index is 0. The van der Waals surface area contributed by atoms with Gasteiger partial charge in [-0.2, -0.15) is 0 Å². The zero-order valence-corrected chi connectivity index (χ0v) is 29.5. The molecule has 3 heteroatoms.